The van der Waals surface area contributed by atoms with Crippen molar-refractivity contribution in [2.24, 2.45) is 11.3 Å². The molecule has 1 heterocycles. The van der Waals surface area contributed by atoms with E-state index in [0.29, 0.717) is 12.5 Å². The quantitative estimate of drug-likeness (QED) is 0.804. The molecule has 0 aromatic heterocycles. The molecule has 0 saturated carbocycles. The van der Waals surface area contributed by atoms with Crippen LogP contribution in [0.5, 0.6) is 0 Å². The highest BCUT2D eigenvalue weighted by atomic mass is 32.2. The molecule has 1 aliphatic rings. The lowest BCUT2D eigenvalue weighted by molar-refractivity contribution is 0.262. The minimum atomic E-state index is -3.13. The van der Waals surface area contributed by atoms with Crippen LogP contribution >= 0.6 is 0 Å². The summed E-state index contributed by atoms with van der Waals surface area (Å²) in [6, 6.07) is 0. The maximum absolute atomic E-state index is 12.1. The Labute approximate surface area is 106 Å². The van der Waals surface area contributed by atoms with Crippen LogP contribution in [-0.4, -0.2) is 33.3 Å². The molecule has 0 radical (unpaired) electrons. The van der Waals surface area contributed by atoms with Gasteiger partial charge in [0.2, 0.25) is 10.0 Å². The van der Waals surface area contributed by atoms with Crippen LogP contribution in [0, 0.1) is 11.3 Å². The van der Waals surface area contributed by atoms with E-state index in [1.807, 2.05) is 0 Å². The molecule has 1 saturated heterocycles. The van der Waals surface area contributed by atoms with Crippen molar-refractivity contribution < 1.29 is 8.42 Å². The molecule has 0 bridgehead atoms. The fraction of sp³-hybridized carbons (Fsp3) is 1.00. The van der Waals surface area contributed by atoms with E-state index < -0.39 is 10.0 Å². The lowest BCUT2D eigenvalue weighted by atomic mass is 9.82. The highest BCUT2D eigenvalue weighted by Crippen LogP contribution is 2.25. The summed E-state index contributed by atoms with van der Waals surface area (Å²) in [5, 5.41) is 2.97. The van der Waals surface area contributed by atoms with Crippen molar-refractivity contribution in [1.29, 1.82) is 0 Å². The average molecular weight is 262 g/mol. The number of nitrogens with one attached hydrogen (secondary N) is 2. The predicted octanol–water partition coefficient (Wildman–Crippen LogP) is 1.34. The van der Waals surface area contributed by atoms with E-state index in [1.54, 1.807) is 0 Å². The Morgan fingerprint density at radius 1 is 1.29 bits per heavy atom. The van der Waals surface area contributed by atoms with E-state index in [0.717, 1.165) is 25.9 Å². The molecule has 1 unspecified atom stereocenters. The first-order valence-electron chi connectivity index (χ1n) is 6.42. The van der Waals surface area contributed by atoms with Crippen LogP contribution in [0.2, 0.25) is 0 Å². The third-order valence-electron chi connectivity index (χ3n) is 3.79. The van der Waals surface area contributed by atoms with Crippen LogP contribution in [0.3, 0.4) is 0 Å². The van der Waals surface area contributed by atoms with Gasteiger partial charge in [-0.05, 0) is 37.3 Å². The molecule has 102 valence electrons. The van der Waals surface area contributed by atoms with Gasteiger partial charge < -0.3 is 5.32 Å². The molecule has 0 spiro atoms. The van der Waals surface area contributed by atoms with E-state index in [1.165, 1.54) is 0 Å². The summed E-state index contributed by atoms with van der Waals surface area (Å²) in [5.74, 6) is 0.332. The normalized spacial score (nSPS) is 21.4. The Morgan fingerprint density at radius 2 is 1.82 bits per heavy atom. The predicted molar refractivity (Wildman–Crippen MR) is 71.4 cm³/mol. The second-order valence-electron chi connectivity index (χ2n) is 6.11. The molecule has 0 aliphatic carbocycles. The van der Waals surface area contributed by atoms with Crippen LogP contribution in [-0.2, 0) is 10.0 Å². The summed E-state index contributed by atoms with van der Waals surface area (Å²) < 4.78 is 26.9. The van der Waals surface area contributed by atoms with Gasteiger partial charge >= 0.3 is 0 Å². The topological polar surface area (TPSA) is 58.2 Å². The molecule has 4 nitrogen and oxygen atoms in total. The minimum absolute atomic E-state index is 0.136. The maximum atomic E-state index is 12.1. The summed E-state index contributed by atoms with van der Waals surface area (Å²) in [6.45, 7) is 10.6. The van der Waals surface area contributed by atoms with E-state index in [4.69, 9.17) is 0 Å². The zero-order valence-corrected chi connectivity index (χ0v) is 12.2. The van der Waals surface area contributed by atoms with Gasteiger partial charge in [0.05, 0.1) is 5.25 Å². The van der Waals surface area contributed by atoms with Gasteiger partial charge in [-0.1, -0.05) is 27.7 Å². The fourth-order valence-corrected chi connectivity index (χ4v) is 3.35. The molecule has 0 aromatic rings. The highest BCUT2D eigenvalue weighted by Gasteiger charge is 2.28. The van der Waals surface area contributed by atoms with Gasteiger partial charge in [-0.25, -0.2) is 13.1 Å². The maximum Gasteiger partial charge on any atom is 0.214 e. The number of hydrogen-bond acceptors (Lipinski definition) is 3. The van der Waals surface area contributed by atoms with E-state index in [2.05, 4.69) is 37.7 Å². The van der Waals surface area contributed by atoms with Crippen LogP contribution < -0.4 is 10.0 Å². The van der Waals surface area contributed by atoms with Crippen molar-refractivity contribution in [3.8, 4) is 0 Å². The summed E-state index contributed by atoms with van der Waals surface area (Å²) in [4.78, 5) is 0. The first-order chi connectivity index (χ1) is 7.73. The van der Waals surface area contributed by atoms with Crippen molar-refractivity contribution >= 4 is 10.0 Å². The molecule has 1 fully saturated rings. The van der Waals surface area contributed by atoms with Gasteiger partial charge in [0.25, 0.3) is 0 Å². The summed E-state index contributed by atoms with van der Waals surface area (Å²) >= 11 is 0. The minimum Gasteiger partial charge on any atom is -0.317 e. The Morgan fingerprint density at radius 3 is 2.29 bits per heavy atom. The van der Waals surface area contributed by atoms with Crippen molar-refractivity contribution in [3.05, 3.63) is 0 Å². The van der Waals surface area contributed by atoms with Gasteiger partial charge in [-0.15, -0.1) is 0 Å². The standard InChI is InChI=1S/C12H26N2O2S/c1-10(12(2,3)4)9-14-17(15,16)11-5-7-13-8-6-11/h10-11,13-14H,5-9H2,1-4H3. The average Bonchev–Trinajstić information content (AvgIpc) is 2.26. The zero-order chi connectivity index (χ0) is 13.1. The molecular weight excluding hydrogens is 236 g/mol. The van der Waals surface area contributed by atoms with Crippen LogP contribution in [0.4, 0.5) is 0 Å². The Balaban J connectivity index is 2.49. The third kappa shape index (κ3) is 4.56. The van der Waals surface area contributed by atoms with E-state index in [9.17, 15) is 8.42 Å². The number of sulfonamides is 1. The second kappa shape index (κ2) is 5.67. The van der Waals surface area contributed by atoms with Crippen molar-refractivity contribution in [1.82, 2.24) is 10.0 Å². The molecule has 5 heteroatoms. The van der Waals surface area contributed by atoms with Gasteiger partial charge in [-0.3, -0.25) is 0 Å². The number of rotatable bonds is 4. The summed E-state index contributed by atoms with van der Waals surface area (Å²) in [5.41, 5.74) is 0.136. The van der Waals surface area contributed by atoms with Crippen LogP contribution in [0.25, 0.3) is 0 Å². The Kier molecular flexibility index (Phi) is 4.98. The van der Waals surface area contributed by atoms with Crippen molar-refractivity contribution in [2.75, 3.05) is 19.6 Å². The lowest BCUT2D eigenvalue weighted by Crippen LogP contribution is -2.43. The molecule has 17 heavy (non-hydrogen) atoms. The van der Waals surface area contributed by atoms with Crippen molar-refractivity contribution in [2.45, 2.75) is 45.8 Å². The molecule has 1 atom stereocenters. The zero-order valence-electron chi connectivity index (χ0n) is 11.4. The number of piperidine rings is 1. The second-order valence-corrected chi connectivity index (χ2v) is 8.16. The molecule has 0 amide bonds. The highest BCUT2D eigenvalue weighted by molar-refractivity contribution is 7.90. The molecule has 1 aliphatic heterocycles. The van der Waals surface area contributed by atoms with E-state index >= 15 is 0 Å². The first-order valence-corrected chi connectivity index (χ1v) is 7.97. The van der Waals surface area contributed by atoms with Crippen LogP contribution in [0.1, 0.15) is 40.5 Å². The van der Waals surface area contributed by atoms with Gasteiger partial charge in [0.1, 0.15) is 0 Å². The smallest absolute Gasteiger partial charge is 0.214 e. The number of hydrogen-bond donors (Lipinski definition) is 2. The summed E-state index contributed by atoms with van der Waals surface area (Å²) in [7, 11) is -3.13. The van der Waals surface area contributed by atoms with Gasteiger partial charge in [0, 0.05) is 6.54 Å². The van der Waals surface area contributed by atoms with E-state index in [-0.39, 0.29) is 10.7 Å². The Hall–Kier alpha value is -0.130. The third-order valence-corrected chi connectivity index (χ3v) is 5.71. The molecule has 2 N–H and O–H groups in total. The van der Waals surface area contributed by atoms with Crippen LogP contribution in [0.15, 0.2) is 0 Å². The molecular formula is C12H26N2O2S. The first kappa shape index (κ1) is 14.9. The summed E-state index contributed by atoms with van der Waals surface area (Å²) in [6.07, 6.45) is 1.44. The molecule has 0 aromatic carbocycles. The molecule has 1 rings (SSSR count). The Bertz CT molecular complexity index is 327. The largest absolute Gasteiger partial charge is 0.317 e. The lowest BCUT2D eigenvalue weighted by Gasteiger charge is -2.29. The van der Waals surface area contributed by atoms with Crippen molar-refractivity contribution in [3.63, 3.8) is 0 Å². The fourth-order valence-electron chi connectivity index (χ4n) is 1.77. The van der Waals surface area contributed by atoms with Gasteiger partial charge in [-0.2, -0.15) is 0 Å². The SMILES string of the molecule is CC(CNS(=O)(=O)C1CCNCC1)C(C)(C)C. The van der Waals surface area contributed by atoms with Gasteiger partial charge in [0.15, 0.2) is 0 Å². The monoisotopic (exact) mass is 262 g/mol.